The van der Waals surface area contributed by atoms with Crippen LogP contribution in [0.1, 0.15) is 26.7 Å². The van der Waals surface area contributed by atoms with Gasteiger partial charge in [-0.1, -0.05) is 20.3 Å². The van der Waals surface area contributed by atoms with Crippen LogP contribution in [0.25, 0.3) is 0 Å². The van der Waals surface area contributed by atoms with E-state index < -0.39 is 0 Å². The van der Waals surface area contributed by atoms with Crippen LogP contribution in [0.4, 0.5) is 0 Å². The van der Waals surface area contributed by atoms with E-state index in [-0.39, 0.29) is 6.29 Å². The Balaban J connectivity index is 2.03. The fourth-order valence-electron chi connectivity index (χ4n) is 0.813. The molecule has 0 saturated carbocycles. The largest absolute Gasteiger partial charge is 0.227 e. The van der Waals surface area contributed by atoms with E-state index in [1.807, 2.05) is 0 Å². The van der Waals surface area contributed by atoms with Gasteiger partial charge in [0.15, 0.2) is 0 Å². The second kappa shape index (κ2) is 2.46. The van der Waals surface area contributed by atoms with Crippen molar-refractivity contribution in [2.24, 2.45) is 5.92 Å². The Labute approximate surface area is 49.7 Å². The fourth-order valence-corrected chi connectivity index (χ4v) is 0.813. The van der Waals surface area contributed by atoms with Gasteiger partial charge in [-0.2, -0.15) is 9.78 Å². The third-order valence-corrected chi connectivity index (χ3v) is 1.42. The molecule has 1 unspecified atom stereocenters. The van der Waals surface area contributed by atoms with Crippen molar-refractivity contribution in [3.63, 3.8) is 0 Å². The molecule has 1 rings (SSSR count). The first-order valence-corrected chi connectivity index (χ1v) is 3.16. The van der Waals surface area contributed by atoms with Gasteiger partial charge in [0.25, 0.3) is 0 Å². The Morgan fingerprint density at radius 2 is 2.12 bits per heavy atom. The van der Waals surface area contributed by atoms with Crippen LogP contribution in [-0.4, -0.2) is 6.29 Å². The Morgan fingerprint density at radius 1 is 1.50 bits per heavy atom. The normalized spacial score (nSPS) is 23.2. The smallest absolute Gasteiger partial charge is 0.198 e. The first-order valence-electron chi connectivity index (χ1n) is 3.16. The van der Waals surface area contributed by atoms with Gasteiger partial charge in [0.2, 0.25) is 6.29 Å². The van der Waals surface area contributed by atoms with Crippen molar-refractivity contribution in [2.45, 2.75) is 33.0 Å². The predicted molar refractivity (Wildman–Crippen MR) is 30.0 cm³/mol. The summed E-state index contributed by atoms with van der Waals surface area (Å²) in [5.74, 6) is 0.583. The van der Waals surface area contributed by atoms with Crippen LogP contribution in [-0.2, 0) is 9.78 Å². The van der Waals surface area contributed by atoms with E-state index in [4.69, 9.17) is 0 Å². The van der Waals surface area contributed by atoms with Crippen molar-refractivity contribution in [3.8, 4) is 0 Å². The molecule has 1 aliphatic rings. The zero-order chi connectivity index (χ0) is 5.98. The van der Waals surface area contributed by atoms with Gasteiger partial charge in [-0.25, -0.2) is 0 Å². The molecular formula is C6H12O2. The molecule has 0 aromatic heterocycles. The molecule has 1 saturated heterocycles. The lowest BCUT2D eigenvalue weighted by Gasteiger charge is -1.99. The van der Waals surface area contributed by atoms with Crippen molar-refractivity contribution in [3.05, 3.63) is 0 Å². The van der Waals surface area contributed by atoms with Crippen LogP contribution < -0.4 is 0 Å². The molecule has 0 bridgehead atoms. The minimum atomic E-state index is 0.120. The molecule has 0 radical (unpaired) electrons. The fraction of sp³-hybridized carbons (Fsp3) is 1.00. The highest BCUT2D eigenvalue weighted by Crippen LogP contribution is 2.24. The molecule has 48 valence electrons. The van der Waals surface area contributed by atoms with E-state index in [2.05, 4.69) is 23.6 Å². The summed E-state index contributed by atoms with van der Waals surface area (Å²) in [7, 11) is 0. The highest BCUT2D eigenvalue weighted by molar-refractivity contribution is 4.58. The maximum absolute atomic E-state index is 4.62. The van der Waals surface area contributed by atoms with Crippen molar-refractivity contribution >= 4 is 0 Å². The molecule has 0 aromatic carbocycles. The Morgan fingerprint density at radius 3 is 2.50 bits per heavy atom. The second-order valence-corrected chi connectivity index (χ2v) is 2.33. The summed E-state index contributed by atoms with van der Waals surface area (Å²) in [4.78, 5) is 9.25. The summed E-state index contributed by atoms with van der Waals surface area (Å²) in [6.07, 6.45) is 2.53. The topological polar surface area (TPSA) is 25.1 Å². The minimum absolute atomic E-state index is 0.120. The summed E-state index contributed by atoms with van der Waals surface area (Å²) < 4.78 is 0. The maximum atomic E-state index is 4.62. The first kappa shape index (κ1) is 6.05. The molecule has 2 nitrogen and oxygen atoms in total. The van der Waals surface area contributed by atoms with Crippen LogP contribution in [0.3, 0.4) is 0 Å². The predicted octanol–water partition coefficient (Wildman–Crippen LogP) is 1.71. The summed E-state index contributed by atoms with van der Waals surface area (Å²) in [5.41, 5.74) is 0. The van der Waals surface area contributed by atoms with Crippen molar-refractivity contribution in [2.75, 3.05) is 0 Å². The summed E-state index contributed by atoms with van der Waals surface area (Å²) in [5, 5.41) is 0. The van der Waals surface area contributed by atoms with Gasteiger partial charge in [-0.15, -0.1) is 0 Å². The van der Waals surface area contributed by atoms with Crippen LogP contribution in [0.2, 0.25) is 0 Å². The molecule has 1 atom stereocenters. The van der Waals surface area contributed by atoms with Crippen LogP contribution in [0, 0.1) is 5.92 Å². The van der Waals surface area contributed by atoms with Crippen LogP contribution in [0.15, 0.2) is 0 Å². The summed E-state index contributed by atoms with van der Waals surface area (Å²) in [6, 6.07) is 0. The third kappa shape index (κ3) is 1.46. The van der Waals surface area contributed by atoms with Gasteiger partial charge in [-0.3, -0.25) is 0 Å². The monoisotopic (exact) mass is 116 g/mol. The molecular weight excluding hydrogens is 104 g/mol. The van der Waals surface area contributed by atoms with Gasteiger partial charge >= 0.3 is 0 Å². The molecule has 2 heteroatoms. The molecule has 0 N–H and O–H groups in total. The SMILES string of the molecule is CCCC(C)C1OO1. The lowest BCUT2D eigenvalue weighted by Crippen LogP contribution is -2.00. The van der Waals surface area contributed by atoms with Crippen LogP contribution in [0.5, 0.6) is 0 Å². The Hall–Kier alpha value is -0.0800. The second-order valence-electron chi connectivity index (χ2n) is 2.33. The standard InChI is InChI=1S/C6H12O2/c1-3-4-5(2)6-7-8-6/h5-6H,3-4H2,1-2H3. The summed E-state index contributed by atoms with van der Waals surface area (Å²) in [6.45, 7) is 4.31. The van der Waals surface area contributed by atoms with E-state index in [1.54, 1.807) is 0 Å². The maximum Gasteiger partial charge on any atom is 0.227 e. The van der Waals surface area contributed by atoms with E-state index in [0.717, 1.165) is 0 Å². The highest BCUT2D eigenvalue weighted by atomic mass is 17.4. The average Bonchev–Trinajstić information content (AvgIpc) is 2.45. The van der Waals surface area contributed by atoms with Crippen molar-refractivity contribution in [1.82, 2.24) is 0 Å². The first-order chi connectivity index (χ1) is 3.84. The Kier molecular flexibility index (Phi) is 1.86. The van der Waals surface area contributed by atoms with Crippen molar-refractivity contribution in [1.29, 1.82) is 0 Å². The zero-order valence-electron chi connectivity index (χ0n) is 5.39. The lowest BCUT2D eigenvalue weighted by atomic mass is 10.1. The molecule has 8 heavy (non-hydrogen) atoms. The third-order valence-electron chi connectivity index (χ3n) is 1.42. The van der Waals surface area contributed by atoms with Gasteiger partial charge in [0, 0.05) is 5.92 Å². The molecule has 0 aliphatic carbocycles. The van der Waals surface area contributed by atoms with E-state index in [1.165, 1.54) is 12.8 Å². The molecule has 1 fully saturated rings. The van der Waals surface area contributed by atoms with E-state index in [0.29, 0.717) is 5.92 Å². The van der Waals surface area contributed by atoms with E-state index in [9.17, 15) is 0 Å². The lowest BCUT2D eigenvalue weighted by molar-refractivity contribution is 0.0850. The van der Waals surface area contributed by atoms with Gasteiger partial charge in [0.05, 0.1) is 0 Å². The number of rotatable bonds is 3. The van der Waals surface area contributed by atoms with Crippen molar-refractivity contribution < 1.29 is 9.78 Å². The van der Waals surface area contributed by atoms with Gasteiger partial charge in [-0.05, 0) is 6.42 Å². The average molecular weight is 116 g/mol. The molecule has 1 heterocycles. The molecule has 0 spiro atoms. The number of hydrogen-bond acceptors (Lipinski definition) is 2. The summed E-state index contributed by atoms with van der Waals surface area (Å²) >= 11 is 0. The molecule has 1 aliphatic heterocycles. The van der Waals surface area contributed by atoms with Crippen LogP contribution >= 0.6 is 0 Å². The zero-order valence-corrected chi connectivity index (χ0v) is 5.39. The quantitative estimate of drug-likeness (QED) is 0.414. The van der Waals surface area contributed by atoms with Gasteiger partial charge < -0.3 is 0 Å². The highest BCUT2D eigenvalue weighted by Gasteiger charge is 2.31. The molecule has 0 aromatic rings. The molecule has 0 amide bonds. The van der Waals surface area contributed by atoms with E-state index >= 15 is 0 Å². The number of hydrogen-bond donors (Lipinski definition) is 0. The minimum Gasteiger partial charge on any atom is -0.198 e. The van der Waals surface area contributed by atoms with Gasteiger partial charge in [0.1, 0.15) is 0 Å². The Bertz CT molecular complexity index is 68.9.